The van der Waals surface area contributed by atoms with E-state index < -0.39 is 0 Å². The first-order valence-electron chi connectivity index (χ1n) is 4.45. The highest BCUT2D eigenvalue weighted by atomic mass is 32.1. The fourth-order valence-electron chi connectivity index (χ4n) is 1.03. The van der Waals surface area contributed by atoms with Crippen LogP contribution in [-0.4, -0.2) is 16.1 Å². The Bertz CT molecular complexity index is 350. The van der Waals surface area contributed by atoms with Crippen LogP contribution >= 0.6 is 12.2 Å². The number of nitrogens with two attached hydrogens (primary N) is 1. The quantitative estimate of drug-likeness (QED) is 0.773. The molecule has 0 bridgehead atoms. The third-order valence-corrected chi connectivity index (χ3v) is 1.83. The first-order valence-corrected chi connectivity index (χ1v) is 4.85. The Kier molecular flexibility index (Phi) is 3.41. The van der Waals surface area contributed by atoms with Gasteiger partial charge < -0.3 is 10.5 Å². The van der Waals surface area contributed by atoms with Crippen LogP contribution in [0.25, 0.3) is 0 Å². The molecule has 0 aliphatic rings. The Morgan fingerprint density at radius 2 is 2.14 bits per heavy atom. The van der Waals surface area contributed by atoms with Crippen LogP contribution in [0.4, 0.5) is 0 Å². The Hall–Kier alpha value is -1.16. The molecule has 2 N–H and O–H groups in total. The molecule has 0 aliphatic heterocycles. The minimum atomic E-state index is 0.0670. The smallest absolute Gasteiger partial charge is 0.224 e. The number of pyridine rings is 1. The van der Waals surface area contributed by atoms with Gasteiger partial charge in [0.05, 0.1) is 11.7 Å². The summed E-state index contributed by atoms with van der Waals surface area (Å²) in [6.07, 6.45) is 0.0670. The summed E-state index contributed by atoms with van der Waals surface area (Å²) >= 11 is 4.90. The minimum Gasteiger partial charge on any atom is -0.474 e. The van der Waals surface area contributed by atoms with Gasteiger partial charge in [-0.1, -0.05) is 12.2 Å². The number of rotatable bonds is 3. The first-order chi connectivity index (χ1) is 6.50. The lowest BCUT2D eigenvalue weighted by Gasteiger charge is -2.12. The van der Waals surface area contributed by atoms with Gasteiger partial charge in [-0.2, -0.15) is 0 Å². The van der Waals surface area contributed by atoms with Crippen LogP contribution < -0.4 is 10.5 Å². The molecular weight excluding hydrogens is 196 g/mol. The van der Waals surface area contributed by atoms with Gasteiger partial charge in [-0.3, -0.25) is 0 Å². The van der Waals surface area contributed by atoms with Crippen LogP contribution in [0.5, 0.6) is 5.88 Å². The molecular formula is C10H14N2OS. The van der Waals surface area contributed by atoms with E-state index in [1.807, 2.05) is 32.9 Å². The van der Waals surface area contributed by atoms with Gasteiger partial charge in [0.2, 0.25) is 5.88 Å². The number of aryl methyl sites for hydroxylation is 1. The SMILES string of the molecule is Cc1ccc(C(N)=S)c(OC(C)C)n1. The topological polar surface area (TPSA) is 48.1 Å². The average molecular weight is 210 g/mol. The van der Waals surface area contributed by atoms with Crippen molar-refractivity contribution in [3.63, 3.8) is 0 Å². The molecule has 0 fully saturated rings. The summed E-state index contributed by atoms with van der Waals surface area (Å²) in [7, 11) is 0. The van der Waals surface area contributed by atoms with Crippen molar-refractivity contribution in [2.45, 2.75) is 26.9 Å². The number of ether oxygens (including phenoxy) is 1. The van der Waals surface area contributed by atoms with Crippen LogP contribution in [0.15, 0.2) is 12.1 Å². The molecule has 14 heavy (non-hydrogen) atoms. The van der Waals surface area contributed by atoms with Crippen molar-refractivity contribution in [2.75, 3.05) is 0 Å². The van der Waals surface area contributed by atoms with Gasteiger partial charge in [-0.05, 0) is 32.9 Å². The number of hydrogen-bond acceptors (Lipinski definition) is 3. The zero-order chi connectivity index (χ0) is 10.7. The number of nitrogens with zero attached hydrogens (tertiary/aromatic N) is 1. The summed E-state index contributed by atoms with van der Waals surface area (Å²) in [4.78, 5) is 4.56. The summed E-state index contributed by atoms with van der Waals surface area (Å²) in [6.45, 7) is 5.78. The van der Waals surface area contributed by atoms with E-state index in [2.05, 4.69) is 4.98 Å². The lowest BCUT2D eigenvalue weighted by Crippen LogP contribution is -2.16. The molecule has 0 aromatic carbocycles. The van der Waals surface area contributed by atoms with E-state index in [9.17, 15) is 0 Å². The van der Waals surface area contributed by atoms with Crippen molar-refractivity contribution < 1.29 is 4.74 Å². The lowest BCUT2D eigenvalue weighted by molar-refractivity contribution is 0.232. The van der Waals surface area contributed by atoms with E-state index in [0.29, 0.717) is 16.4 Å². The van der Waals surface area contributed by atoms with Crippen molar-refractivity contribution in [1.82, 2.24) is 4.98 Å². The lowest BCUT2D eigenvalue weighted by atomic mass is 10.2. The van der Waals surface area contributed by atoms with Gasteiger partial charge in [0.15, 0.2) is 0 Å². The fraction of sp³-hybridized carbons (Fsp3) is 0.400. The molecule has 1 rings (SSSR count). The van der Waals surface area contributed by atoms with Gasteiger partial charge >= 0.3 is 0 Å². The van der Waals surface area contributed by atoms with Crippen molar-refractivity contribution in [1.29, 1.82) is 0 Å². The second-order valence-electron chi connectivity index (χ2n) is 3.34. The molecule has 0 aliphatic carbocycles. The molecule has 0 saturated heterocycles. The average Bonchev–Trinajstić information content (AvgIpc) is 2.01. The number of aromatic nitrogens is 1. The molecule has 3 nitrogen and oxygen atoms in total. The summed E-state index contributed by atoms with van der Waals surface area (Å²) in [5, 5.41) is 0. The molecule has 0 radical (unpaired) electrons. The van der Waals surface area contributed by atoms with Crippen LogP contribution in [0.2, 0.25) is 0 Å². The van der Waals surface area contributed by atoms with E-state index in [-0.39, 0.29) is 6.10 Å². The summed E-state index contributed by atoms with van der Waals surface area (Å²) in [5.74, 6) is 0.521. The van der Waals surface area contributed by atoms with Crippen LogP contribution in [0.3, 0.4) is 0 Å². The van der Waals surface area contributed by atoms with Gasteiger partial charge in [0, 0.05) is 5.69 Å². The van der Waals surface area contributed by atoms with E-state index >= 15 is 0 Å². The molecule has 0 unspecified atom stereocenters. The summed E-state index contributed by atoms with van der Waals surface area (Å²) in [6, 6.07) is 3.70. The Morgan fingerprint density at radius 1 is 1.50 bits per heavy atom. The zero-order valence-electron chi connectivity index (χ0n) is 8.57. The third kappa shape index (κ3) is 2.67. The maximum atomic E-state index is 5.55. The Labute approximate surface area is 89.3 Å². The van der Waals surface area contributed by atoms with E-state index in [4.69, 9.17) is 22.7 Å². The highest BCUT2D eigenvalue weighted by molar-refractivity contribution is 7.80. The van der Waals surface area contributed by atoms with E-state index in [0.717, 1.165) is 5.69 Å². The molecule has 0 atom stereocenters. The minimum absolute atomic E-state index is 0.0670. The molecule has 0 amide bonds. The van der Waals surface area contributed by atoms with Crippen molar-refractivity contribution in [2.24, 2.45) is 5.73 Å². The van der Waals surface area contributed by atoms with Crippen LogP contribution in [0, 0.1) is 6.92 Å². The van der Waals surface area contributed by atoms with Crippen LogP contribution in [-0.2, 0) is 0 Å². The standard InChI is InChI=1S/C10H14N2OS/c1-6(2)13-10-8(9(11)14)5-4-7(3)12-10/h4-6H,1-3H3,(H2,11,14). The maximum absolute atomic E-state index is 5.55. The fourth-order valence-corrected chi connectivity index (χ4v) is 1.19. The summed E-state index contributed by atoms with van der Waals surface area (Å²) in [5.41, 5.74) is 7.14. The predicted molar refractivity (Wildman–Crippen MR) is 60.6 cm³/mol. The molecule has 4 heteroatoms. The monoisotopic (exact) mass is 210 g/mol. The molecule has 1 aromatic heterocycles. The molecule has 1 heterocycles. The van der Waals surface area contributed by atoms with Gasteiger partial charge in [0.1, 0.15) is 4.99 Å². The maximum Gasteiger partial charge on any atom is 0.224 e. The Balaban J connectivity index is 3.09. The Morgan fingerprint density at radius 3 is 2.64 bits per heavy atom. The molecule has 0 spiro atoms. The number of hydrogen-bond donors (Lipinski definition) is 1. The van der Waals surface area contributed by atoms with E-state index in [1.165, 1.54) is 0 Å². The van der Waals surface area contributed by atoms with Crippen LogP contribution in [0.1, 0.15) is 25.1 Å². The number of thiocarbonyl (C=S) groups is 1. The highest BCUT2D eigenvalue weighted by Crippen LogP contribution is 2.17. The highest BCUT2D eigenvalue weighted by Gasteiger charge is 2.09. The predicted octanol–water partition coefficient (Wildman–Crippen LogP) is 1.81. The molecule has 76 valence electrons. The van der Waals surface area contributed by atoms with E-state index in [1.54, 1.807) is 0 Å². The van der Waals surface area contributed by atoms with Gasteiger partial charge in [-0.25, -0.2) is 4.98 Å². The first kappa shape index (κ1) is 10.9. The molecule has 1 aromatic rings. The van der Waals surface area contributed by atoms with Crippen molar-refractivity contribution >= 4 is 17.2 Å². The zero-order valence-corrected chi connectivity index (χ0v) is 9.39. The molecule has 0 saturated carbocycles. The van der Waals surface area contributed by atoms with Gasteiger partial charge in [-0.15, -0.1) is 0 Å². The van der Waals surface area contributed by atoms with Crippen molar-refractivity contribution in [3.8, 4) is 5.88 Å². The third-order valence-electron chi connectivity index (χ3n) is 1.61. The normalized spacial score (nSPS) is 10.3. The second kappa shape index (κ2) is 4.37. The summed E-state index contributed by atoms with van der Waals surface area (Å²) < 4.78 is 5.51. The largest absolute Gasteiger partial charge is 0.474 e. The second-order valence-corrected chi connectivity index (χ2v) is 3.78. The van der Waals surface area contributed by atoms with Crippen molar-refractivity contribution in [3.05, 3.63) is 23.4 Å². The van der Waals surface area contributed by atoms with Gasteiger partial charge in [0.25, 0.3) is 0 Å².